The van der Waals surface area contributed by atoms with E-state index in [9.17, 15) is 24.0 Å². The van der Waals surface area contributed by atoms with Gasteiger partial charge in [-0.05, 0) is 77.1 Å². The quantitative estimate of drug-likeness (QED) is 0.205. The largest absolute Gasteiger partial charge is 0.350 e. The van der Waals surface area contributed by atoms with Gasteiger partial charge in [0.2, 0.25) is 29.5 Å². The van der Waals surface area contributed by atoms with Gasteiger partial charge in [-0.1, -0.05) is 45.0 Å². The molecule has 1 aliphatic carbocycles. The number of benzene rings is 1. The first-order valence-corrected chi connectivity index (χ1v) is 15.6. The molecule has 2 aliphatic rings. The van der Waals surface area contributed by atoms with Gasteiger partial charge in [0.05, 0.1) is 18.1 Å². The maximum absolute atomic E-state index is 14.2. The average Bonchev–Trinajstić information content (AvgIpc) is 3.41. The van der Waals surface area contributed by atoms with E-state index in [4.69, 9.17) is 0 Å². The van der Waals surface area contributed by atoms with Crippen molar-refractivity contribution >= 4 is 54.3 Å². The van der Waals surface area contributed by atoms with Crippen LogP contribution in [0.15, 0.2) is 24.3 Å². The summed E-state index contributed by atoms with van der Waals surface area (Å²) in [6, 6.07) is 3.75. The minimum absolute atomic E-state index is 0. The number of hydrogen-bond acceptors (Lipinski definition) is 7. The molecular formula is C32H53Cl2N7O5. The molecule has 0 unspecified atom stereocenters. The molecule has 14 heteroatoms. The number of aryl methyl sites for hydroxylation is 1. The van der Waals surface area contributed by atoms with Crippen LogP contribution in [0, 0.1) is 5.41 Å². The fraction of sp³-hybridized carbons (Fsp3) is 0.656. The van der Waals surface area contributed by atoms with Crippen molar-refractivity contribution in [2.24, 2.45) is 5.41 Å². The van der Waals surface area contributed by atoms with Gasteiger partial charge in [-0.15, -0.1) is 24.8 Å². The van der Waals surface area contributed by atoms with Crippen LogP contribution < -0.4 is 31.9 Å². The van der Waals surface area contributed by atoms with Crippen LogP contribution in [0.25, 0.3) is 0 Å². The van der Waals surface area contributed by atoms with Gasteiger partial charge in [-0.3, -0.25) is 24.0 Å². The second kappa shape index (κ2) is 17.8. The Kier molecular flexibility index (Phi) is 15.9. The molecule has 3 rings (SSSR count). The van der Waals surface area contributed by atoms with Crippen molar-refractivity contribution in [1.82, 2.24) is 36.8 Å². The molecule has 1 fully saturated rings. The molecule has 0 aromatic heterocycles. The summed E-state index contributed by atoms with van der Waals surface area (Å²) in [4.78, 5) is 67.9. The van der Waals surface area contributed by atoms with Crippen LogP contribution in [-0.4, -0.2) is 91.3 Å². The molecule has 0 radical (unpaired) electrons. The molecule has 6 N–H and O–H groups in total. The van der Waals surface area contributed by atoms with E-state index < -0.39 is 47.6 Å². The smallest absolute Gasteiger partial charge is 0.246 e. The summed E-state index contributed by atoms with van der Waals surface area (Å²) in [5.41, 5.74) is 1.62. The zero-order chi connectivity index (χ0) is 32.8. The molecule has 46 heavy (non-hydrogen) atoms. The second-order valence-electron chi connectivity index (χ2n) is 13.2. The predicted molar refractivity (Wildman–Crippen MR) is 183 cm³/mol. The normalized spacial score (nSPS) is 21.6. The van der Waals surface area contributed by atoms with Gasteiger partial charge in [0.1, 0.15) is 18.1 Å². The highest BCUT2D eigenvalue weighted by Gasteiger charge is 2.46. The van der Waals surface area contributed by atoms with E-state index in [2.05, 4.69) is 38.0 Å². The molecule has 0 bridgehead atoms. The highest BCUT2D eigenvalue weighted by molar-refractivity contribution is 5.94. The van der Waals surface area contributed by atoms with Crippen molar-refractivity contribution in [2.45, 2.75) is 110 Å². The van der Waals surface area contributed by atoms with Crippen molar-refractivity contribution in [2.75, 3.05) is 20.6 Å². The number of likely N-dealkylation sites (N-methyl/N-ethyl adjacent to an activating group) is 2. The zero-order valence-electron chi connectivity index (χ0n) is 28.2. The van der Waals surface area contributed by atoms with Crippen LogP contribution in [0.4, 0.5) is 0 Å². The van der Waals surface area contributed by atoms with Gasteiger partial charge >= 0.3 is 0 Å². The number of hydrogen-bond donors (Lipinski definition) is 6. The van der Waals surface area contributed by atoms with E-state index in [1.807, 2.05) is 39.0 Å². The van der Waals surface area contributed by atoms with Gasteiger partial charge in [-0.25, -0.2) is 0 Å². The summed E-state index contributed by atoms with van der Waals surface area (Å²) < 4.78 is 0. The molecule has 7 atom stereocenters. The van der Waals surface area contributed by atoms with E-state index >= 15 is 0 Å². The lowest BCUT2D eigenvalue weighted by molar-refractivity contribution is -0.144. The van der Waals surface area contributed by atoms with Crippen molar-refractivity contribution < 1.29 is 24.0 Å². The van der Waals surface area contributed by atoms with E-state index in [0.29, 0.717) is 0 Å². The standard InChI is InChI=1S/C32H51N7O5.2ClH/c1-18(33-7)27(40)35-20(3)29(42)36-22-16-25(30(43)37-24-15-11-13-21-12-9-10-14-23(21)24)39(17-22)31(44)26(32(4,5)6)38-28(41)19(2)34-8;;/h9-10,12,14,18-20,22,24-26,33-34H,11,13,15-17H2,1-8H3,(H,35,40)(H,36,42)(H,37,43)(H,38,41);2*1H/t18-,19-,20-,22-,24+,25-,26+;;/m0../s1. The maximum atomic E-state index is 14.2. The Bertz CT molecular complexity index is 1230. The number of nitrogens with zero attached hydrogens (tertiary/aromatic N) is 1. The minimum Gasteiger partial charge on any atom is -0.350 e. The number of likely N-dealkylation sites (tertiary alicyclic amines) is 1. The Labute approximate surface area is 285 Å². The lowest BCUT2D eigenvalue weighted by Gasteiger charge is -2.36. The average molecular weight is 687 g/mol. The van der Waals surface area contributed by atoms with Crippen LogP contribution in [0.5, 0.6) is 0 Å². The Morgan fingerprint density at radius 3 is 2.00 bits per heavy atom. The molecule has 1 aromatic rings. The van der Waals surface area contributed by atoms with Gasteiger partial charge in [0, 0.05) is 12.6 Å². The van der Waals surface area contributed by atoms with E-state index in [-0.39, 0.29) is 67.5 Å². The first-order chi connectivity index (χ1) is 20.7. The van der Waals surface area contributed by atoms with Crippen molar-refractivity contribution in [3.63, 3.8) is 0 Å². The molecule has 1 saturated heterocycles. The minimum atomic E-state index is -0.910. The Morgan fingerprint density at radius 2 is 1.41 bits per heavy atom. The SMILES string of the molecule is CN[C@@H](C)C(=O)N[C@@H](C)C(=O)N[C@H]1C[C@@H](C(=O)N[C@@H]2CCCc3ccccc32)N(C(=O)[C@@H](NC(=O)[C@H](C)NC)C(C)(C)C)C1.Cl.Cl. The first-order valence-electron chi connectivity index (χ1n) is 15.6. The molecule has 0 saturated carbocycles. The van der Waals surface area contributed by atoms with Crippen LogP contribution in [0.3, 0.4) is 0 Å². The summed E-state index contributed by atoms with van der Waals surface area (Å²) in [5.74, 6) is -1.75. The molecule has 12 nitrogen and oxygen atoms in total. The third kappa shape index (κ3) is 10.3. The topological polar surface area (TPSA) is 161 Å². The number of nitrogens with one attached hydrogen (secondary N) is 6. The van der Waals surface area contributed by atoms with Gasteiger partial charge in [0.25, 0.3) is 0 Å². The monoisotopic (exact) mass is 685 g/mol. The van der Waals surface area contributed by atoms with E-state index in [1.54, 1.807) is 34.9 Å². The lowest BCUT2D eigenvalue weighted by atomic mass is 9.85. The number of carbonyl (C=O) groups excluding carboxylic acids is 5. The highest BCUT2D eigenvalue weighted by atomic mass is 35.5. The third-order valence-corrected chi connectivity index (χ3v) is 8.72. The number of rotatable bonds is 11. The Morgan fingerprint density at radius 1 is 0.826 bits per heavy atom. The van der Waals surface area contributed by atoms with Crippen LogP contribution in [-0.2, 0) is 30.4 Å². The van der Waals surface area contributed by atoms with Gasteiger partial charge in [0.15, 0.2) is 0 Å². The molecule has 0 spiro atoms. The summed E-state index contributed by atoms with van der Waals surface area (Å²) in [6.07, 6.45) is 2.87. The van der Waals surface area contributed by atoms with E-state index in [1.165, 1.54) is 10.5 Å². The first kappa shape index (κ1) is 41.1. The molecule has 1 aliphatic heterocycles. The van der Waals surface area contributed by atoms with Crippen molar-refractivity contribution in [3.05, 3.63) is 35.4 Å². The summed E-state index contributed by atoms with van der Waals surface area (Å²) in [5, 5.41) is 17.4. The van der Waals surface area contributed by atoms with E-state index in [0.717, 1.165) is 24.8 Å². The number of amides is 5. The van der Waals surface area contributed by atoms with Crippen molar-refractivity contribution in [3.8, 4) is 0 Å². The molecular weight excluding hydrogens is 633 g/mol. The lowest BCUT2D eigenvalue weighted by Crippen LogP contribution is -2.59. The molecule has 1 heterocycles. The fourth-order valence-corrected chi connectivity index (χ4v) is 5.68. The molecule has 1 aromatic carbocycles. The highest BCUT2D eigenvalue weighted by Crippen LogP contribution is 2.31. The number of fused-ring (bicyclic) bond motifs is 1. The van der Waals surface area contributed by atoms with Crippen LogP contribution in [0.1, 0.15) is 78.0 Å². The Balaban J connectivity index is 0.00000529. The summed E-state index contributed by atoms with van der Waals surface area (Å²) >= 11 is 0. The predicted octanol–water partition coefficient (Wildman–Crippen LogP) is 1.36. The zero-order valence-corrected chi connectivity index (χ0v) is 29.8. The van der Waals surface area contributed by atoms with Gasteiger partial charge in [-0.2, -0.15) is 0 Å². The Hall–Kier alpha value is -2.93. The van der Waals surface area contributed by atoms with Gasteiger partial charge < -0.3 is 36.8 Å². The van der Waals surface area contributed by atoms with Crippen LogP contribution >= 0.6 is 24.8 Å². The fourth-order valence-electron chi connectivity index (χ4n) is 5.68. The maximum Gasteiger partial charge on any atom is 0.246 e. The summed E-state index contributed by atoms with van der Waals surface area (Å²) in [6.45, 7) is 10.7. The number of carbonyl (C=O) groups is 5. The van der Waals surface area contributed by atoms with Crippen LogP contribution in [0.2, 0.25) is 0 Å². The molecule has 260 valence electrons. The second-order valence-corrected chi connectivity index (χ2v) is 13.2. The molecule has 5 amide bonds. The third-order valence-electron chi connectivity index (χ3n) is 8.72. The van der Waals surface area contributed by atoms with Crippen molar-refractivity contribution in [1.29, 1.82) is 0 Å². The number of halogens is 2. The summed E-state index contributed by atoms with van der Waals surface area (Å²) in [7, 11) is 3.32.